The summed E-state index contributed by atoms with van der Waals surface area (Å²) < 4.78 is 5.23. The van der Waals surface area contributed by atoms with Gasteiger partial charge in [-0.25, -0.2) is 0 Å². The molecule has 1 atom stereocenters. The fourth-order valence-electron chi connectivity index (χ4n) is 2.73. The second-order valence-electron chi connectivity index (χ2n) is 5.76. The summed E-state index contributed by atoms with van der Waals surface area (Å²) in [6.07, 6.45) is 1.71. The van der Waals surface area contributed by atoms with Gasteiger partial charge in [0.15, 0.2) is 5.78 Å². The van der Waals surface area contributed by atoms with E-state index in [0.717, 1.165) is 0 Å². The molecule has 1 aromatic heterocycles. The van der Waals surface area contributed by atoms with Crippen molar-refractivity contribution in [2.24, 2.45) is 5.92 Å². The summed E-state index contributed by atoms with van der Waals surface area (Å²) >= 11 is 0. The third-order valence-corrected chi connectivity index (χ3v) is 4.03. The lowest BCUT2D eigenvalue weighted by atomic mass is 10.1. The first-order valence-corrected chi connectivity index (χ1v) is 7.79. The minimum absolute atomic E-state index is 0.0638. The maximum Gasteiger partial charge on any atom is 0.225 e. The third kappa shape index (κ3) is 3.71. The average molecular weight is 326 g/mol. The highest BCUT2D eigenvalue weighted by molar-refractivity contribution is 6.00. The standard InChI is InChI=1S/C18H18N2O4/c21-16(13-5-2-1-3-6-13)10-19-18(23)14-9-17(22)20(11-14)12-15-7-4-8-24-15/h1-8,14H,9-12H2,(H,19,23)/t14-/m0/s1. The average Bonchev–Trinajstić information content (AvgIpc) is 3.24. The summed E-state index contributed by atoms with van der Waals surface area (Å²) in [5, 5.41) is 2.63. The van der Waals surface area contributed by atoms with Crippen molar-refractivity contribution < 1.29 is 18.8 Å². The number of amides is 2. The van der Waals surface area contributed by atoms with Crippen LogP contribution in [0.4, 0.5) is 0 Å². The molecule has 6 nitrogen and oxygen atoms in total. The highest BCUT2D eigenvalue weighted by Crippen LogP contribution is 2.20. The number of carbonyl (C=O) groups excluding carboxylic acids is 3. The number of likely N-dealkylation sites (tertiary alicyclic amines) is 1. The van der Waals surface area contributed by atoms with Gasteiger partial charge in [-0.15, -0.1) is 0 Å². The number of rotatable bonds is 6. The quantitative estimate of drug-likeness (QED) is 0.818. The Morgan fingerprint density at radius 1 is 1.17 bits per heavy atom. The number of hydrogen-bond acceptors (Lipinski definition) is 4. The van der Waals surface area contributed by atoms with Crippen LogP contribution < -0.4 is 5.32 Å². The van der Waals surface area contributed by atoms with Crippen LogP contribution in [0.1, 0.15) is 22.5 Å². The van der Waals surface area contributed by atoms with E-state index >= 15 is 0 Å². The van der Waals surface area contributed by atoms with E-state index in [4.69, 9.17) is 4.42 Å². The number of Topliss-reactive ketones (excluding diaryl/α,β-unsaturated/α-hetero) is 1. The predicted molar refractivity (Wildman–Crippen MR) is 86.0 cm³/mol. The summed E-state index contributed by atoms with van der Waals surface area (Å²) in [6.45, 7) is 0.634. The van der Waals surface area contributed by atoms with E-state index in [1.54, 1.807) is 47.6 Å². The zero-order valence-electron chi connectivity index (χ0n) is 13.1. The first-order valence-electron chi connectivity index (χ1n) is 7.79. The van der Waals surface area contributed by atoms with Gasteiger partial charge in [0.1, 0.15) is 5.76 Å². The lowest BCUT2D eigenvalue weighted by molar-refractivity contribution is -0.129. The van der Waals surface area contributed by atoms with Gasteiger partial charge in [-0.1, -0.05) is 30.3 Å². The van der Waals surface area contributed by atoms with E-state index < -0.39 is 5.92 Å². The molecule has 0 bridgehead atoms. The van der Waals surface area contributed by atoms with Gasteiger partial charge in [0, 0.05) is 18.5 Å². The maximum absolute atomic E-state index is 12.2. The summed E-state index contributed by atoms with van der Waals surface area (Å²) in [6, 6.07) is 12.3. The zero-order valence-corrected chi connectivity index (χ0v) is 13.1. The molecule has 1 aliphatic heterocycles. The fourth-order valence-corrected chi connectivity index (χ4v) is 2.73. The number of nitrogens with zero attached hydrogens (tertiary/aromatic N) is 1. The first kappa shape index (κ1) is 16.0. The minimum atomic E-state index is -0.434. The lowest BCUT2D eigenvalue weighted by Crippen LogP contribution is -2.36. The van der Waals surface area contributed by atoms with Crippen LogP contribution in [0.2, 0.25) is 0 Å². The molecule has 1 aromatic carbocycles. The molecule has 2 amide bonds. The molecule has 6 heteroatoms. The monoisotopic (exact) mass is 326 g/mol. The van der Waals surface area contributed by atoms with Crippen molar-refractivity contribution in [1.29, 1.82) is 0 Å². The van der Waals surface area contributed by atoms with Crippen LogP contribution in [0.5, 0.6) is 0 Å². The molecule has 0 aliphatic carbocycles. The number of furan rings is 1. The van der Waals surface area contributed by atoms with Crippen LogP contribution in [0, 0.1) is 5.92 Å². The molecular formula is C18H18N2O4. The number of hydrogen-bond donors (Lipinski definition) is 1. The number of carbonyl (C=O) groups is 3. The number of benzene rings is 1. The van der Waals surface area contributed by atoms with Crippen LogP contribution in [-0.4, -0.2) is 35.6 Å². The zero-order chi connectivity index (χ0) is 16.9. The molecule has 1 saturated heterocycles. The summed E-state index contributed by atoms with van der Waals surface area (Å²) in [7, 11) is 0. The first-order chi connectivity index (χ1) is 11.6. The van der Waals surface area contributed by atoms with Crippen molar-refractivity contribution in [1.82, 2.24) is 10.2 Å². The molecule has 0 saturated carbocycles. The Hall–Kier alpha value is -2.89. The third-order valence-electron chi connectivity index (χ3n) is 4.03. The van der Waals surface area contributed by atoms with Gasteiger partial charge in [-0.3, -0.25) is 14.4 Å². The molecule has 0 spiro atoms. The number of ketones is 1. The van der Waals surface area contributed by atoms with E-state index in [1.807, 2.05) is 6.07 Å². The Bertz CT molecular complexity index is 725. The van der Waals surface area contributed by atoms with Crippen molar-refractivity contribution in [2.45, 2.75) is 13.0 Å². The van der Waals surface area contributed by atoms with Crippen LogP contribution in [0.3, 0.4) is 0 Å². The highest BCUT2D eigenvalue weighted by atomic mass is 16.3. The van der Waals surface area contributed by atoms with Gasteiger partial charge in [0.2, 0.25) is 11.8 Å². The molecule has 3 rings (SSSR count). The van der Waals surface area contributed by atoms with Crippen molar-refractivity contribution in [3.05, 3.63) is 60.1 Å². The van der Waals surface area contributed by atoms with Crippen molar-refractivity contribution >= 4 is 17.6 Å². The Balaban J connectivity index is 1.51. The SMILES string of the molecule is O=C(CNC(=O)[C@H]1CC(=O)N(Cc2ccco2)C1)c1ccccc1. The predicted octanol–water partition coefficient (Wildman–Crippen LogP) is 1.63. The lowest BCUT2D eigenvalue weighted by Gasteiger charge is -2.15. The molecule has 1 N–H and O–H groups in total. The summed E-state index contributed by atoms with van der Waals surface area (Å²) in [5.74, 6) is -0.254. The summed E-state index contributed by atoms with van der Waals surface area (Å²) in [4.78, 5) is 37.8. The van der Waals surface area contributed by atoms with Gasteiger partial charge < -0.3 is 14.6 Å². The Kier molecular flexibility index (Phi) is 4.74. The Morgan fingerprint density at radius 2 is 1.96 bits per heavy atom. The highest BCUT2D eigenvalue weighted by Gasteiger charge is 2.34. The normalized spacial score (nSPS) is 17.1. The van der Waals surface area contributed by atoms with Crippen LogP contribution in [0.15, 0.2) is 53.1 Å². The second kappa shape index (κ2) is 7.12. The minimum Gasteiger partial charge on any atom is -0.467 e. The Morgan fingerprint density at radius 3 is 2.67 bits per heavy atom. The second-order valence-corrected chi connectivity index (χ2v) is 5.76. The fraction of sp³-hybridized carbons (Fsp3) is 0.278. The molecule has 124 valence electrons. The van der Waals surface area contributed by atoms with Crippen molar-refractivity contribution in [3.8, 4) is 0 Å². The van der Waals surface area contributed by atoms with E-state index in [9.17, 15) is 14.4 Å². The smallest absolute Gasteiger partial charge is 0.225 e. The molecule has 2 heterocycles. The van der Waals surface area contributed by atoms with Gasteiger partial charge in [0.25, 0.3) is 0 Å². The van der Waals surface area contributed by atoms with E-state index in [2.05, 4.69) is 5.32 Å². The summed E-state index contributed by atoms with van der Waals surface area (Å²) in [5.41, 5.74) is 0.555. The van der Waals surface area contributed by atoms with Crippen molar-refractivity contribution in [3.63, 3.8) is 0 Å². The molecule has 1 fully saturated rings. The van der Waals surface area contributed by atoms with Crippen LogP contribution in [0.25, 0.3) is 0 Å². The number of nitrogens with one attached hydrogen (secondary N) is 1. The van der Waals surface area contributed by atoms with E-state index in [1.165, 1.54) is 0 Å². The molecule has 1 aliphatic rings. The van der Waals surface area contributed by atoms with Crippen LogP contribution >= 0.6 is 0 Å². The molecular weight excluding hydrogens is 308 g/mol. The van der Waals surface area contributed by atoms with Gasteiger partial charge in [-0.2, -0.15) is 0 Å². The molecule has 24 heavy (non-hydrogen) atoms. The molecule has 0 unspecified atom stereocenters. The van der Waals surface area contributed by atoms with E-state index in [-0.39, 0.29) is 30.6 Å². The Labute approximate surface area is 139 Å². The van der Waals surface area contributed by atoms with Crippen molar-refractivity contribution in [2.75, 3.05) is 13.1 Å². The van der Waals surface area contributed by atoms with E-state index in [0.29, 0.717) is 24.4 Å². The molecule has 0 radical (unpaired) electrons. The van der Waals surface area contributed by atoms with Gasteiger partial charge in [-0.05, 0) is 12.1 Å². The largest absolute Gasteiger partial charge is 0.467 e. The van der Waals surface area contributed by atoms with Crippen LogP contribution in [-0.2, 0) is 16.1 Å². The maximum atomic E-state index is 12.2. The van der Waals surface area contributed by atoms with Gasteiger partial charge >= 0.3 is 0 Å². The topological polar surface area (TPSA) is 79.6 Å². The van der Waals surface area contributed by atoms with Gasteiger partial charge in [0.05, 0.1) is 25.3 Å². The molecule has 2 aromatic rings.